The zero-order chi connectivity index (χ0) is 20.1. The highest BCUT2D eigenvalue weighted by Gasteiger charge is 2.25. The second-order valence-electron chi connectivity index (χ2n) is 7.05. The van der Waals surface area contributed by atoms with E-state index in [0.717, 1.165) is 22.3 Å². The van der Waals surface area contributed by atoms with Crippen LogP contribution in [0.15, 0.2) is 40.9 Å². The monoisotopic (exact) mass is 447 g/mol. The predicted molar refractivity (Wildman–Crippen MR) is 114 cm³/mol. The largest absolute Gasteiger partial charge is 0.497 e. The number of amides is 1. The van der Waals surface area contributed by atoms with Crippen molar-refractivity contribution >= 4 is 27.5 Å². The van der Waals surface area contributed by atoms with E-state index >= 15 is 0 Å². The van der Waals surface area contributed by atoms with Gasteiger partial charge >= 0.3 is 0 Å². The smallest absolute Gasteiger partial charge is 0.241 e. The average Bonchev–Trinajstić information content (AvgIpc) is 2.68. The summed E-state index contributed by atoms with van der Waals surface area (Å²) >= 11 is 3.46. The predicted octanol–water partition coefficient (Wildman–Crippen LogP) is 3.05. The van der Waals surface area contributed by atoms with Crippen molar-refractivity contribution in [3.8, 4) is 11.5 Å². The Morgan fingerprint density at radius 2 is 2.07 bits per heavy atom. The Bertz CT molecular complexity index is 842. The van der Waals surface area contributed by atoms with Crippen LogP contribution in [-0.2, 0) is 17.8 Å². The van der Waals surface area contributed by atoms with Gasteiger partial charge < -0.3 is 25.0 Å². The van der Waals surface area contributed by atoms with Crippen LogP contribution in [0, 0.1) is 0 Å². The van der Waals surface area contributed by atoms with Gasteiger partial charge in [-0.25, -0.2) is 0 Å². The molecule has 0 radical (unpaired) electrons. The molecule has 0 aromatic heterocycles. The number of carbonyl (C=O) groups is 1. The van der Waals surface area contributed by atoms with Crippen molar-refractivity contribution < 1.29 is 14.3 Å². The van der Waals surface area contributed by atoms with Gasteiger partial charge in [-0.15, -0.1) is 0 Å². The molecule has 7 heteroatoms. The highest BCUT2D eigenvalue weighted by atomic mass is 79.9. The van der Waals surface area contributed by atoms with Gasteiger partial charge in [0.25, 0.3) is 0 Å². The molecule has 28 heavy (non-hydrogen) atoms. The average molecular weight is 448 g/mol. The van der Waals surface area contributed by atoms with Crippen molar-refractivity contribution in [2.75, 3.05) is 39.7 Å². The minimum absolute atomic E-state index is 0.0757. The third-order valence-electron chi connectivity index (χ3n) is 4.69. The molecule has 2 N–H and O–H groups in total. The molecule has 0 saturated heterocycles. The summed E-state index contributed by atoms with van der Waals surface area (Å²) in [6.07, 6.45) is 0.617. The minimum Gasteiger partial charge on any atom is -0.497 e. The molecule has 1 heterocycles. The number of fused-ring (bicyclic) bond motifs is 1. The molecule has 1 amide bonds. The van der Waals surface area contributed by atoms with Crippen LogP contribution in [-0.4, -0.2) is 51.2 Å². The topological polar surface area (TPSA) is 62.8 Å². The van der Waals surface area contributed by atoms with E-state index in [1.807, 2.05) is 55.4 Å². The zero-order valence-electron chi connectivity index (χ0n) is 16.4. The maximum absolute atomic E-state index is 12.9. The third-order valence-corrected chi connectivity index (χ3v) is 5.18. The van der Waals surface area contributed by atoms with E-state index in [2.05, 4.69) is 26.6 Å². The molecule has 1 aliphatic rings. The Morgan fingerprint density at radius 3 is 2.82 bits per heavy atom. The summed E-state index contributed by atoms with van der Waals surface area (Å²) in [5.74, 6) is 1.39. The number of methoxy groups -OCH3 is 1. The summed E-state index contributed by atoms with van der Waals surface area (Å²) in [5.41, 5.74) is 3.00. The van der Waals surface area contributed by atoms with Gasteiger partial charge in [0.2, 0.25) is 5.91 Å². The quantitative estimate of drug-likeness (QED) is 0.682. The standard InChI is InChI=1S/C21H26BrN3O3/c1-25(2)8-9-28-20-12-16(22)5-7-18(20)24-21(26)19-11-15-10-17(27-3)6-4-14(15)13-23-19/h4-7,10,12,19,23H,8-9,11,13H2,1-3H3,(H,24,26)/t19-/m1/s1. The minimum atomic E-state index is -0.308. The van der Waals surface area contributed by atoms with Crippen molar-refractivity contribution in [2.45, 2.75) is 19.0 Å². The molecular weight excluding hydrogens is 422 g/mol. The third kappa shape index (κ3) is 5.25. The zero-order valence-corrected chi connectivity index (χ0v) is 18.0. The SMILES string of the molecule is COc1ccc2c(c1)C[C@H](C(=O)Nc1ccc(Br)cc1OCCN(C)C)NC2. The molecule has 3 rings (SSSR count). The molecule has 0 fully saturated rings. The van der Waals surface area contributed by atoms with E-state index < -0.39 is 0 Å². The highest BCUT2D eigenvalue weighted by molar-refractivity contribution is 9.10. The summed E-state index contributed by atoms with van der Waals surface area (Å²) in [5, 5.41) is 6.33. The van der Waals surface area contributed by atoms with E-state index in [-0.39, 0.29) is 11.9 Å². The fraction of sp³-hybridized carbons (Fsp3) is 0.381. The Labute approximate surface area is 174 Å². The molecule has 0 aliphatic carbocycles. The number of ether oxygens (including phenoxy) is 2. The van der Waals surface area contributed by atoms with Gasteiger partial charge in [0.15, 0.2) is 0 Å². The second-order valence-corrected chi connectivity index (χ2v) is 7.97. The van der Waals surface area contributed by atoms with E-state index in [0.29, 0.717) is 31.0 Å². The number of anilines is 1. The first-order chi connectivity index (χ1) is 13.5. The Kier molecular flexibility index (Phi) is 6.93. The second kappa shape index (κ2) is 9.41. The molecule has 1 aliphatic heterocycles. The van der Waals surface area contributed by atoms with Crippen LogP contribution in [0.2, 0.25) is 0 Å². The Hall–Kier alpha value is -2.09. The van der Waals surface area contributed by atoms with Crippen LogP contribution in [0.4, 0.5) is 5.69 Å². The molecule has 0 spiro atoms. The lowest BCUT2D eigenvalue weighted by Crippen LogP contribution is -2.44. The van der Waals surface area contributed by atoms with Crippen LogP contribution >= 0.6 is 15.9 Å². The molecule has 0 saturated carbocycles. The molecule has 2 aromatic rings. The highest BCUT2D eigenvalue weighted by Crippen LogP contribution is 2.29. The lowest BCUT2D eigenvalue weighted by Gasteiger charge is -2.26. The van der Waals surface area contributed by atoms with Gasteiger partial charge in [0.1, 0.15) is 18.1 Å². The van der Waals surface area contributed by atoms with E-state index in [1.54, 1.807) is 7.11 Å². The number of likely N-dealkylation sites (N-methyl/N-ethyl adjacent to an activating group) is 1. The van der Waals surface area contributed by atoms with Gasteiger partial charge in [-0.3, -0.25) is 4.79 Å². The van der Waals surface area contributed by atoms with Gasteiger partial charge in [0, 0.05) is 17.6 Å². The van der Waals surface area contributed by atoms with Crippen molar-refractivity contribution in [3.63, 3.8) is 0 Å². The first-order valence-corrected chi connectivity index (χ1v) is 10.0. The summed E-state index contributed by atoms with van der Waals surface area (Å²) < 4.78 is 12.1. The van der Waals surface area contributed by atoms with Gasteiger partial charge in [-0.2, -0.15) is 0 Å². The van der Waals surface area contributed by atoms with E-state index in [9.17, 15) is 4.79 Å². The van der Waals surface area contributed by atoms with Crippen LogP contribution in [0.5, 0.6) is 11.5 Å². The Balaban J connectivity index is 1.69. The summed E-state index contributed by atoms with van der Waals surface area (Å²) in [6, 6.07) is 11.3. The summed E-state index contributed by atoms with van der Waals surface area (Å²) in [6.45, 7) is 1.99. The maximum atomic E-state index is 12.9. The molecule has 6 nitrogen and oxygen atoms in total. The fourth-order valence-electron chi connectivity index (χ4n) is 3.08. The molecule has 0 bridgehead atoms. The van der Waals surface area contributed by atoms with E-state index in [1.165, 1.54) is 5.56 Å². The summed E-state index contributed by atoms with van der Waals surface area (Å²) in [4.78, 5) is 14.9. The van der Waals surface area contributed by atoms with Crippen LogP contribution in [0.3, 0.4) is 0 Å². The molecule has 1 atom stereocenters. The first kappa shape index (κ1) is 20.6. The van der Waals surface area contributed by atoms with Crippen molar-refractivity contribution in [1.82, 2.24) is 10.2 Å². The number of hydrogen-bond donors (Lipinski definition) is 2. The number of nitrogens with one attached hydrogen (secondary N) is 2. The van der Waals surface area contributed by atoms with Gasteiger partial charge in [-0.1, -0.05) is 22.0 Å². The molecule has 0 unspecified atom stereocenters. The van der Waals surface area contributed by atoms with Crippen molar-refractivity contribution in [2.24, 2.45) is 0 Å². The number of carbonyl (C=O) groups excluding carboxylic acids is 1. The number of nitrogens with zero attached hydrogens (tertiary/aromatic N) is 1. The first-order valence-electron chi connectivity index (χ1n) is 9.23. The van der Waals surface area contributed by atoms with Crippen LogP contribution < -0.4 is 20.1 Å². The van der Waals surface area contributed by atoms with Crippen LogP contribution in [0.25, 0.3) is 0 Å². The van der Waals surface area contributed by atoms with Crippen molar-refractivity contribution in [3.05, 3.63) is 52.0 Å². The van der Waals surface area contributed by atoms with E-state index in [4.69, 9.17) is 9.47 Å². The number of rotatable bonds is 7. The fourth-order valence-corrected chi connectivity index (χ4v) is 3.42. The van der Waals surface area contributed by atoms with Crippen molar-refractivity contribution in [1.29, 1.82) is 0 Å². The molecule has 2 aromatic carbocycles. The van der Waals surface area contributed by atoms with Gasteiger partial charge in [0.05, 0.1) is 18.8 Å². The Morgan fingerprint density at radius 1 is 1.25 bits per heavy atom. The lowest BCUT2D eigenvalue weighted by molar-refractivity contribution is -0.118. The number of benzene rings is 2. The normalized spacial score (nSPS) is 15.8. The number of hydrogen-bond acceptors (Lipinski definition) is 5. The maximum Gasteiger partial charge on any atom is 0.241 e. The number of halogens is 1. The van der Waals surface area contributed by atoms with Gasteiger partial charge in [-0.05, 0) is 62.0 Å². The lowest BCUT2D eigenvalue weighted by atomic mass is 9.95. The molecule has 150 valence electrons. The van der Waals surface area contributed by atoms with Crippen LogP contribution in [0.1, 0.15) is 11.1 Å². The molecular formula is C21H26BrN3O3. The summed E-state index contributed by atoms with van der Waals surface area (Å²) in [7, 11) is 5.64.